The van der Waals surface area contributed by atoms with Gasteiger partial charge in [-0.1, -0.05) is 29.3 Å². The van der Waals surface area contributed by atoms with E-state index in [1.807, 2.05) is 6.07 Å². The first-order valence-electron chi connectivity index (χ1n) is 7.93. The number of benzene rings is 1. The maximum atomic E-state index is 12.0. The molecule has 0 aliphatic carbocycles. The van der Waals surface area contributed by atoms with E-state index in [0.717, 1.165) is 5.56 Å². The monoisotopic (exact) mass is 407 g/mol. The van der Waals surface area contributed by atoms with Crippen LogP contribution in [0.3, 0.4) is 0 Å². The third-order valence-electron chi connectivity index (χ3n) is 3.69. The smallest absolute Gasteiger partial charge is 0.356 e. The molecule has 0 radical (unpaired) electrons. The van der Waals surface area contributed by atoms with Crippen molar-refractivity contribution in [2.75, 3.05) is 5.32 Å². The van der Waals surface area contributed by atoms with Gasteiger partial charge in [-0.05, 0) is 23.8 Å². The number of amides is 1. The summed E-state index contributed by atoms with van der Waals surface area (Å²) in [6.07, 6.45) is 4.90. The molecule has 1 aromatic carbocycles. The first-order valence-corrected chi connectivity index (χ1v) is 8.69. The highest BCUT2D eigenvalue weighted by atomic mass is 35.5. The van der Waals surface area contributed by atoms with Gasteiger partial charge in [0.05, 0.1) is 18.4 Å². The van der Waals surface area contributed by atoms with Crippen molar-refractivity contribution in [2.45, 2.75) is 19.5 Å². The third-order valence-corrected chi connectivity index (χ3v) is 4.28. The minimum Gasteiger partial charge on any atom is -0.476 e. The highest BCUT2D eigenvalue weighted by molar-refractivity contribution is 6.35. The van der Waals surface area contributed by atoms with E-state index in [-0.39, 0.29) is 24.6 Å². The first-order chi connectivity index (χ1) is 12.9. The summed E-state index contributed by atoms with van der Waals surface area (Å²) >= 11 is 12.0. The van der Waals surface area contributed by atoms with E-state index in [4.69, 9.17) is 28.3 Å². The number of aromatic carboxylic acids is 1. The van der Waals surface area contributed by atoms with E-state index in [0.29, 0.717) is 22.3 Å². The van der Waals surface area contributed by atoms with Crippen LogP contribution < -0.4 is 5.32 Å². The minimum absolute atomic E-state index is 0.0578. The summed E-state index contributed by atoms with van der Waals surface area (Å²) in [7, 11) is 0. The molecule has 0 saturated heterocycles. The fourth-order valence-corrected chi connectivity index (χ4v) is 2.85. The second-order valence-electron chi connectivity index (χ2n) is 5.73. The van der Waals surface area contributed by atoms with Gasteiger partial charge < -0.3 is 10.4 Å². The molecule has 0 aliphatic heterocycles. The Bertz CT molecular complexity index is 983. The van der Waals surface area contributed by atoms with Crippen LogP contribution in [0.4, 0.5) is 5.69 Å². The third kappa shape index (κ3) is 5.08. The van der Waals surface area contributed by atoms with Gasteiger partial charge in [-0.25, -0.2) is 4.79 Å². The predicted molar refractivity (Wildman–Crippen MR) is 100 cm³/mol. The number of carbonyl (C=O) groups is 2. The van der Waals surface area contributed by atoms with E-state index < -0.39 is 5.97 Å². The normalized spacial score (nSPS) is 10.7. The summed E-state index contributed by atoms with van der Waals surface area (Å²) in [6.45, 7) is 0.713. The average molecular weight is 408 g/mol. The van der Waals surface area contributed by atoms with Crippen LogP contribution in [-0.4, -0.2) is 36.5 Å². The average Bonchev–Trinajstić information content (AvgIpc) is 3.25. The molecule has 2 N–H and O–H groups in total. The lowest BCUT2D eigenvalue weighted by Gasteiger charge is -2.05. The minimum atomic E-state index is -1.11. The van der Waals surface area contributed by atoms with Crippen LogP contribution in [0.25, 0.3) is 0 Å². The summed E-state index contributed by atoms with van der Waals surface area (Å²) in [5, 5.41) is 20.7. The Kier molecular flexibility index (Phi) is 5.78. The van der Waals surface area contributed by atoms with Crippen LogP contribution in [0.2, 0.25) is 10.0 Å². The summed E-state index contributed by atoms with van der Waals surface area (Å²) < 4.78 is 3.06. The van der Waals surface area contributed by atoms with E-state index in [1.54, 1.807) is 23.0 Å². The number of rotatable bonds is 7. The lowest BCUT2D eigenvalue weighted by Crippen LogP contribution is -2.14. The molecule has 0 fully saturated rings. The zero-order chi connectivity index (χ0) is 19.4. The molecular formula is C17H15Cl2N5O3. The number of carboxylic acids is 1. The van der Waals surface area contributed by atoms with Crippen molar-refractivity contribution in [3.05, 3.63) is 64.2 Å². The number of hydrogen-bond donors (Lipinski definition) is 2. The highest BCUT2D eigenvalue weighted by Gasteiger charge is 2.09. The van der Waals surface area contributed by atoms with Crippen molar-refractivity contribution >= 4 is 40.8 Å². The van der Waals surface area contributed by atoms with Gasteiger partial charge >= 0.3 is 5.97 Å². The zero-order valence-corrected chi connectivity index (χ0v) is 15.5. The fraction of sp³-hybridized carbons (Fsp3) is 0.176. The molecule has 8 nitrogen and oxygen atoms in total. The Morgan fingerprint density at radius 3 is 2.70 bits per heavy atom. The zero-order valence-electron chi connectivity index (χ0n) is 14.0. The lowest BCUT2D eigenvalue weighted by molar-refractivity contribution is -0.116. The molecule has 140 valence electrons. The van der Waals surface area contributed by atoms with Crippen molar-refractivity contribution in [2.24, 2.45) is 0 Å². The van der Waals surface area contributed by atoms with Gasteiger partial charge in [0.15, 0.2) is 5.69 Å². The molecule has 1 amide bonds. The number of nitrogens with one attached hydrogen (secondary N) is 1. The Balaban J connectivity index is 1.53. The van der Waals surface area contributed by atoms with Gasteiger partial charge in [0.25, 0.3) is 0 Å². The van der Waals surface area contributed by atoms with Crippen LogP contribution in [0.5, 0.6) is 0 Å². The molecule has 0 bridgehead atoms. The lowest BCUT2D eigenvalue weighted by atomic mass is 10.2. The molecule has 10 heteroatoms. The van der Waals surface area contributed by atoms with Crippen molar-refractivity contribution in [3.8, 4) is 0 Å². The van der Waals surface area contributed by atoms with E-state index in [1.165, 1.54) is 23.1 Å². The second kappa shape index (κ2) is 8.24. The van der Waals surface area contributed by atoms with E-state index in [9.17, 15) is 9.59 Å². The van der Waals surface area contributed by atoms with Crippen LogP contribution >= 0.6 is 23.2 Å². The van der Waals surface area contributed by atoms with Crippen molar-refractivity contribution in [1.29, 1.82) is 0 Å². The van der Waals surface area contributed by atoms with Crippen molar-refractivity contribution in [3.63, 3.8) is 0 Å². The van der Waals surface area contributed by atoms with Gasteiger partial charge in [-0.2, -0.15) is 10.2 Å². The molecule has 2 heterocycles. The number of halogens is 2. The number of aromatic nitrogens is 4. The SMILES string of the molecule is O=C(CCn1ccc(C(=O)O)n1)Nc1cnn(Cc2ccc(Cl)cc2Cl)c1. The number of carboxylic acid groups (broad SMARTS) is 1. The van der Waals surface area contributed by atoms with Gasteiger partial charge in [0.1, 0.15) is 0 Å². The molecule has 3 aromatic rings. The molecule has 2 aromatic heterocycles. The molecule has 0 spiro atoms. The number of aryl methyl sites for hydroxylation is 1. The Labute approximate surface area is 164 Å². The molecule has 0 unspecified atom stereocenters. The van der Waals surface area contributed by atoms with E-state index in [2.05, 4.69) is 15.5 Å². The van der Waals surface area contributed by atoms with Gasteiger partial charge in [-0.15, -0.1) is 0 Å². The quantitative estimate of drug-likeness (QED) is 0.625. The molecule has 0 aliphatic rings. The standard InChI is InChI=1S/C17H15Cl2N5O3/c18-12-2-1-11(14(19)7-12)9-24-10-13(8-20-24)21-16(25)4-6-23-5-3-15(22-23)17(26)27/h1-3,5,7-8,10H,4,6,9H2,(H,21,25)(H,26,27). The van der Waals surface area contributed by atoms with E-state index >= 15 is 0 Å². The summed E-state index contributed by atoms with van der Waals surface area (Å²) in [5.41, 5.74) is 1.35. The maximum Gasteiger partial charge on any atom is 0.356 e. The summed E-state index contributed by atoms with van der Waals surface area (Å²) in [5.74, 6) is -1.34. The largest absolute Gasteiger partial charge is 0.476 e. The molecule has 3 rings (SSSR count). The van der Waals surface area contributed by atoms with Gasteiger partial charge in [-0.3, -0.25) is 14.2 Å². The fourth-order valence-electron chi connectivity index (χ4n) is 2.38. The van der Waals surface area contributed by atoms with Crippen molar-refractivity contribution < 1.29 is 14.7 Å². The Morgan fingerprint density at radius 2 is 2.00 bits per heavy atom. The van der Waals surface area contributed by atoms with Crippen LogP contribution in [0.1, 0.15) is 22.5 Å². The van der Waals surface area contributed by atoms with Crippen LogP contribution in [0, 0.1) is 0 Å². The topological polar surface area (TPSA) is 102 Å². The van der Waals surface area contributed by atoms with Gasteiger partial charge in [0.2, 0.25) is 5.91 Å². The molecular weight excluding hydrogens is 393 g/mol. The molecule has 0 saturated carbocycles. The Hall–Kier alpha value is -2.84. The van der Waals surface area contributed by atoms with Gasteiger partial charge in [0, 0.05) is 35.4 Å². The van der Waals surface area contributed by atoms with Crippen LogP contribution in [-0.2, 0) is 17.9 Å². The second-order valence-corrected chi connectivity index (χ2v) is 6.57. The Morgan fingerprint density at radius 1 is 1.19 bits per heavy atom. The number of hydrogen-bond acceptors (Lipinski definition) is 4. The number of nitrogens with zero attached hydrogens (tertiary/aromatic N) is 4. The highest BCUT2D eigenvalue weighted by Crippen LogP contribution is 2.22. The van der Waals surface area contributed by atoms with Crippen molar-refractivity contribution in [1.82, 2.24) is 19.6 Å². The summed E-state index contributed by atoms with van der Waals surface area (Å²) in [6, 6.07) is 6.61. The number of carbonyl (C=O) groups excluding carboxylic acids is 1. The van der Waals surface area contributed by atoms with Crippen LogP contribution in [0.15, 0.2) is 42.9 Å². The number of anilines is 1. The predicted octanol–water partition coefficient (Wildman–Crippen LogP) is 3.16. The summed E-state index contributed by atoms with van der Waals surface area (Å²) in [4.78, 5) is 22.8. The maximum absolute atomic E-state index is 12.0. The first kappa shape index (κ1) is 18.9. The molecule has 0 atom stereocenters. The molecule has 27 heavy (non-hydrogen) atoms.